The van der Waals surface area contributed by atoms with Crippen molar-refractivity contribution in [1.82, 2.24) is 4.90 Å². The lowest BCUT2D eigenvalue weighted by atomic mass is 9.91. The first kappa shape index (κ1) is 12.9. The lowest BCUT2D eigenvalue weighted by Gasteiger charge is -2.38. The Labute approximate surface area is 107 Å². The molecule has 1 amide bonds. The van der Waals surface area contributed by atoms with E-state index in [2.05, 4.69) is 13.8 Å². The molecule has 0 saturated carbocycles. The third-order valence-electron chi connectivity index (χ3n) is 3.88. The van der Waals surface area contributed by atoms with Crippen molar-refractivity contribution >= 4 is 11.6 Å². The molecule has 0 aromatic heterocycles. The van der Waals surface area contributed by atoms with E-state index in [0.29, 0.717) is 11.5 Å². The molecule has 1 aliphatic rings. The second-order valence-electron chi connectivity index (χ2n) is 5.09. The zero-order valence-electron chi connectivity index (χ0n) is 10.8. The minimum absolute atomic E-state index is 0.0912. The molecule has 2 atom stereocenters. The molecule has 1 heterocycles. The van der Waals surface area contributed by atoms with Crippen LogP contribution >= 0.6 is 0 Å². The van der Waals surface area contributed by atoms with Gasteiger partial charge in [-0.25, -0.2) is 4.39 Å². The Balaban J connectivity index is 2.25. The summed E-state index contributed by atoms with van der Waals surface area (Å²) < 4.78 is 13.0. The molecule has 0 radical (unpaired) electrons. The van der Waals surface area contributed by atoms with E-state index in [4.69, 9.17) is 5.73 Å². The van der Waals surface area contributed by atoms with Crippen LogP contribution in [0.2, 0.25) is 0 Å². The average molecular weight is 250 g/mol. The summed E-state index contributed by atoms with van der Waals surface area (Å²) in [5.74, 6) is -0.0139. The Kier molecular flexibility index (Phi) is 3.55. The number of piperidine rings is 1. The molecule has 1 fully saturated rings. The Morgan fingerprint density at radius 1 is 1.44 bits per heavy atom. The lowest BCUT2D eigenvalue weighted by Crippen LogP contribution is -2.46. The number of halogens is 1. The van der Waals surface area contributed by atoms with E-state index in [-0.39, 0.29) is 17.6 Å². The second-order valence-corrected chi connectivity index (χ2v) is 5.09. The van der Waals surface area contributed by atoms with Crippen LogP contribution in [-0.4, -0.2) is 23.4 Å². The minimum Gasteiger partial charge on any atom is -0.398 e. The van der Waals surface area contributed by atoms with Crippen LogP contribution in [0.4, 0.5) is 10.1 Å². The molecule has 1 saturated heterocycles. The quantitative estimate of drug-likeness (QED) is 0.779. The van der Waals surface area contributed by atoms with Crippen molar-refractivity contribution < 1.29 is 9.18 Å². The van der Waals surface area contributed by atoms with Gasteiger partial charge in [0.25, 0.3) is 5.91 Å². The normalized spacial score (nSPS) is 24.1. The largest absolute Gasteiger partial charge is 0.398 e. The molecular formula is C14H19FN2O. The molecule has 2 unspecified atom stereocenters. The van der Waals surface area contributed by atoms with Crippen LogP contribution in [0.1, 0.15) is 37.0 Å². The maximum Gasteiger partial charge on any atom is 0.256 e. The highest BCUT2D eigenvalue weighted by Crippen LogP contribution is 2.26. The first-order valence-corrected chi connectivity index (χ1v) is 6.36. The summed E-state index contributed by atoms with van der Waals surface area (Å²) in [4.78, 5) is 14.3. The minimum atomic E-state index is -0.413. The average Bonchev–Trinajstić information content (AvgIpc) is 2.32. The van der Waals surface area contributed by atoms with Gasteiger partial charge in [0.15, 0.2) is 0 Å². The Hall–Kier alpha value is -1.58. The maximum atomic E-state index is 13.0. The number of amides is 1. The molecule has 3 nitrogen and oxygen atoms in total. The number of nitrogens with two attached hydrogens (primary N) is 1. The number of anilines is 1. The van der Waals surface area contributed by atoms with Gasteiger partial charge in [0.2, 0.25) is 0 Å². The highest BCUT2D eigenvalue weighted by molar-refractivity contribution is 5.99. The predicted octanol–water partition coefficient (Wildman–Crippen LogP) is 2.67. The summed E-state index contributed by atoms with van der Waals surface area (Å²) in [5, 5.41) is 0. The molecule has 1 aromatic carbocycles. The molecule has 18 heavy (non-hydrogen) atoms. The number of hydrogen-bond donors (Lipinski definition) is 1. The summed E-state index contributed by atoms with van der Waals surface area (Å²) >= 11 is 0. The van der Waals surface area contributed by atoms with Crippen molar-refractivity contribution in [2.45, 2.75) is 32.7 Å². The van der Waals surface area contributed by atoms with Crippen molar-refractivity contribution in [3.63, 3.8) is 0 Å². The summed E-state index contributed by atoms with van der Waals surface area (Å²) in [6.07, 6.45) is 2.15. The molecule has 0 spiro atoms. The van der Waals surface area contributed by atoms with Gasteiger partial charge in [0.1, 0.15) is 5.82 Å². The van der Waals surface area contributed by atoms with Gasteiger partial charge >= 0.3 is 0 Å². The van der Waals surface area contributed by atoms with Crippen LogP contribution in [0.25, 0.3) is 0 Å². The number of benzene rings is 1. The zero-order chi connectivity index (χ0) is 13.3. The van der Waals surface area contributed by atoms with E-state index < -0.39 is 5.82 Å². The third kappa shape index (κ3) is 2.33. The zero-order valence-corrected chi connectivity index (χ0v) is 10.8. The summed E-state index contributed by atoms with van der Waals surface area (Å²) in [7, 11) is 0. The fourth-order valence-electron chi connectivity index (χ4n) is 2.51. The van der Waals surface area contributed by atoms with Crippen LogP contribution in [0.5, 0.6) is 0 Å². The SMILES string of the molecule is CC1CCCN(C(=O)c2ccc(F)cc2N)C1C. The van der Waals surface area contributed by atoms with Gasteiger partial charge in [-0.15, -0.1) is 0 Å². The predicted molar refractivity (Wildman–Crippen MR) is 69.7 cm³/mol. The van der Waals surface area contributed by atoms with E-state index in [1.54, 1.807) is 0 Å². The molecule has 1 aliphatic heterocycles. The highest BCUT2D eigenvalue weighted by atomic mass is 19.1. The van der Waals surface area contributed by atoms with Crippen molar-refractivity contribution in [2.24, 2.45) is 5.92 Å². The number of rotatable bonds is 1. The molecule has 1 aromatic rings. The van der Waals surface area contributed by atoms with Crippen LogP contribution in [-0.2, 0) is 0 Å². The summed E-state index contributed by atoms with van der Waals surface area (Å²) in [6, 6.07) is 4.15. The highest BCUT2D eigenvalue weighted by Gasteiger charge is 2.29. The van der Waals surface area contributed by atoms with E-state index in [1.807, 2.05) is 4.90 Å². The first-order valence-electron chi connectivity index (χ1n) is 6.36. The molecule has 4 heteroatoms. The summed E-state index contributed by atoms with van der Waals surface area (Å²) in [5.41, 5.74) is 6.34. The fraction of sp³-hybridized carbons (Fsp3) is 0.500. The number of hydrogen-bond acceptors (Lipinski definition) is 2. The number of nitrogen functional groups attached to an aromatic ring is 1. The van der Waals surface area contributed by atoms with Crippen LogP contribution in [0, 0.1) is 11.7 Å². The Morgan fingerprint density at radius 2 is 2.17 bits per heavy atom. The molecule has 2 rings (SSSR count). The lowest BCUT2D eigenvalue weighted by molar-refractivity contribution is 0.0552. The molecule has 0 aliphatic carbocycles. The first-order chi connectivity index (χ1) is 8.50. The van der Waals surface area contributed by atoms with Gasteiger partial charge in [-0.3, -0.25) is 4.79 Å². The van der Waals surface area contributed by atoms with Crippen LogP contribution < -0.4 is 5.73 Å². The van der Waals surface area contributed by atoms with Gasteiger partial charge in [-0.05, 0) is 43.9 Å². The Bertz CT molecular complexity index is 461. The molecule has 0 bridgehead atoms. The topological polar surface area (TPSA) is 46.3 Å². The van der Waals surface area contributed by atoms with Gasteiger partial charge in [0, 0.05) is 18.3 Å². The van der Waals surface area contributed by atoms with E-state index in [1.165, 1.54) is 18.2 Å². The van der Waals surface area contributed by atoms with Crippen molar-refractivity contribution in [3.8, 4) is 0 Å². The standard InChI is InChI=1S/C14H19FN2O/c1-9-4-3-7-17(10(9)2)14(18)12-6-5-11(15)8-13(12)16/h5-6,8-10H,3-4,7,16H2,1-2H3. The van der Waals surface area contributed by atoms with E-state index in [9.17, 15) is 9.18 Å². The van der Waals surface area contributed by atoms with Crippen LogP contribution in [0.15, 0.2) is 18.2 Å². The number of likely N-dealkylation sites (tertiary alicyclic amines) is 1. The molecule has 2 N–H and O–H groups in total. The van der Waals surface area contributed by atoms with Crippen molar-refractivity contribution in [3.05, 3.63) is 29.6 Å². The van der Waals surface area contributed by atoms with Gasteiger partial charge in [-0.2, -0.15) is 0 Å². The van der Waals surface area contributed by atoms with Gasteiger partial charge in [0.05, 0.1) is 5.56 Å². The number of carbonyl (C=O) groups is 1. The maximum absolute atomic E-state index is 13.0. The number of nitrogens with zero attached hydrogens (tertiary/aromatic N) is 1. The second kappa shape index (κ2) is 4.96. The van der Waals surface area contributed by atoms with Gasteiger partial charge < -0.3 is 10.6 Å². The Morgan fingerprint density at radius 3 is 2.83 bits per heavy atom. The van der Waals surface area contributed by atoms with Gasteiger partial charge in [-0.1, -0.05) is 6.92 Å². The monoisotopic (exact) mass is 250 g/mol. The van der Waals surface area contributed by atoms with E-state index in [0.717, 1.165) is 19.4 Å². The molecular weight excluding hydrogens is 231 g/mol. The summed E-state index contributed by atoms with van der Waals surface area (Å²) in [6.45, 7) is 4.96. The van der Waals surface area contributed by atoms with Crippen LogP contribution in [0.3, 0.4) is 0 Å². The van der Waals surface area contributed by atoms with Crippen molar-refractivity contribution in [2.75, 3.05) is 12.3 Å². The third-order valence-corrected chi connectivity index (χ3v) is 3.88. The molecule has 98 valence electrons. The van der Waals surface area contributed by atoms with E-state index >= 15 is 0 Å². The van der Waals surface area contributed by atoms with Crippen molar-refractivity contribution in [1.29, 1.82) is 0 Å². The fourth-order valence-corrected chi connectivity index (χ4v) is 2.51. The smallest absolute Gasteiger partial charge is 0.256 e. The number of carbonyl (C=O) groups excluding carboxylic acids is 1.